The number of hydrogen-bond donors (Lipinski definition) is 0. The molecule has 162 valence electrons. The van der Waals surface area contributed by atoms with Crippen LogP contribution in [0.5, 0.6) is 0 Å². The maximum absolute atomic E-state index is 12.9. The van der Waals surface area contributed by atoms with Crippen LogP contribution in [0.25, 0.3) is 16.9 Å². The molecule has 0 amide bonds. The molecule has 0 atom stereocenters. The van der Waals surface area contributed by atoms with Gasteiger partial charge in [0.25, 0.3) is 0 Å². The lowest BCUT2D eigenvalue weighted by Crippen LogP contribution is -2.16. The fourth-order valence-electron chi connectivity index (χ4n) is 3.72. The lowest BCUT2D eigenvalue weighted by Gasteiger charge is -2.10. The number of nitrogens with zero attached hydrogens (tertiary/aromatic N) is 2. The van der Waals surface area contributed by atoms with Gasteiger partial charge in [0, 0.05) is 32.7 Å². The van der Waals surface area contributed by atoms with E-state index in [1.807, 2.05) is 79.1 Å². The predicted octanol–water partition coefficient (Wildman–Crippen LogP) is 5.86. The average molecular weight is 493 g/mol. The largest absolute Gasteiger partial charge is 0.454 e. The fraction of sp³-hybridized carbons (Fsp3) is 0.160. The van der Waals surface area contributed by atoms with E-state index < -0.39 is 5.97 Å². The van der Waals surface area contributed by atoms with Gasteiger partial charge in [-0.2, -0.15) is 0 Å². The fourth-order valence-corrected chi connectivity index (χ4v) is 3.98. The van der Waals surface area contributed by atoms with Gasteiger partial charge in [0.1, 0.15) is 17.0 Å². The third kappa shape index (κ3) is 4.16. The molecule has 2 heterocycles. The zero-order valence-electron chi connectivity index (χ0n) is 17.9. The molecule has 0 aliphatic carbocycles. The van der Waals surface area contributed by atoms with Crippen molar-refractivity contribution in [3.8, 4) is 16.9 Å². The molecule has 6 nitrogen and oxygen atoms in total. The number of rotatable bonds is 6. The van der Waals surface area contributed by atoms with Gasteiger partial charge < -0.3 is 13.8 Å². The predicted molar refractivity (Wildman–Crippen MR) is 124 cm³/mol. The number of aromatic nitrogens is 2. The van der Waals surface area contributed by atoms with Crippen molar-refractivity contribution in [2.24, 2.45) is 0 Å². The molecule has 0 aliphatic heterocycles. The Hall–Kier alpha value is -3.45. The maximum Gasteiger partial charge on any atom is 0.344 e. The van der Waals surface area contributed by atoms with Crippen molar-refractivity contribution in [3.05, 3.63) is 93.4 Å². The molecule has 0 spiro atoms. The molecule has 0 bridgehead atoms. The van der Waals surface area contributed by atoms with Crippen LogP contribution in [0.15, 0.2) is 69.7 Å². The first-order valence-corrected chi connectivity index (χ1v) is 10.8. The molecule has 0 unspecified atom stereocenters. The Labute approximate surface area is 193 Å². The average Bonchev–Trinajstić information content (AvgIpc) is 3.32. The molecule has 32 heavy (non-hydrogen) atoms. The van der Waals surface area contributed by atoms with Crippen LogP contribution in [0.3, 0.4) is 0 Å². The molecule has 0 saturated carbocycles. The Morgan fingerprint density at radius 1 is 1.03 bits per heavy atom. The minimum Gasteiger partial charge on any atom is -0.454 e. The van der Waals surface area contributed by atoms with E-state index in [2.05, 4.69) is 21.1 Å². The van der Waals surface area contributed by atoms with Crippen LogP contribution < -0.4 is 0 Å². The number of esters is 1. The Morgan fingerprint density at radius 2 is 1.72 bits per heavy atom. The molecule has 0 saturated heterocycles. The summed E-state index contributed by atoms with van der Waals surface area (Å²) in [6.45, 7) is 5.08. The number of ether oxygens (including phenoxy) is 1. The second-order valence-electron chi connectivity index (χ2n) is 7.42. The molecule has 2 aromatic carbocycles. The van der Waals surface area contributed by atoms with E-state index in [-0.39, 0.29) is 18.0 Å². The molecule has 7 heteroatoms. The minimum atomic E-state index is -0.641. The number of carbonyl (C=O) groups excluding carboxylic acids is 2. The van der Waals surface area contributed by atoms with Crippen molar-refractivity contribution >= 4 is 27.7 Å². The van der Waals surface area contributed by atoms with Gasteiger partial charge in [0.2, 0.25) is 5.78 Å². The van der Waals surface area contributed by atoms with Crippen LogP contribution in [0, 0.1) is 20.8 Å². The highest BCUT2D eigenvalue weighted by molar-refractivity contribution is 9.10. The number of halogens is 1. The summed E-state index contributed by atoms with van der Waals surface area (Å²) in [6.07, 6.45) is 0. The number of benzene rings is 2. The standard InChI is InChI=1S/C25H21BrN2O4/c1-15-13-21(16(2)28(15)20-11-9-19(26)10-12-20)22(29)14-31-25(30)23-17(3)32-27-24(23)18-7-5-4-6-8-18/h4-13H,14H2,1-3H3. The van der Waals surface area contributed by atoms with Crippen molar-refractivity contribution in [3.63, 3.8) is 0 Å². The van der Waals surface area contributed by atoms with Crippen LogP contribution in [0.1, 0.15) is 37.9 Å². The summed E-state index contributed by atoms with van der Waals surface area (Å²) in [4.78, 5) is 25.7. The zero-order valence-corrected chi connectivity index (χ0v) is 19.5. The quantitative estimate of drug-likeness (QED) is 0.249. The van der Waals surface area contributed by atoms with Crippen LogP contribution in [-0.2, 0) is 4.74 Å². The Bertz CT molecular complexity index is 1290. The van der Waals surface area contributed by atoms with Crippen molar-refractivity contribution in [2.45, 2.75) is 20.8 Å². The van der Waals surface area contributed by atoms with E-state index >= 15 is 0 Å². The van der Waals surface area contributed by atoms with E-state index in [1.165, 1.54) is 0 Å². The highest BCUT2D eigenvalue weighted by atomic mass is 79.9. The Kier molecular flexibility index (Phi) is 6.10. The topological polar surface area (TPSA) is 74.3 Å². The minimum absolute atomic E-state index is 0.226. The van der Waals surface area contributed by atoms with Gasteiger partial charge >= 0.3 is 5.97 Å². The molecule has 4 aromatic rings. The second-order valence-corrected chi connectivity index (χ2v) is 8.34. The Morgan fingerprint density at radius 3 is 2.41 bits per heavy atom. The van der Waals surface area contributed by atoms with E-state index in [1.54, 1.807) is 6.92 Å². The van der Waals surface area contributed by atoms with Crippen molar-refractivity contribution in [2.75, 3.05) is 6.61 Å². The third-order valence-corrected chi connectivity index (χ3v) is 5.79. The van der Waals surface area contributed by atoms with Crippen molar-refractivity contribution in [1.29, 1.82) is 0 Å². The summed E-state index contributed by atoms with van der Waals surface area (Å²) in [6, 6.07) is 18.9. The molecular formula is C25H21BrN2O4. The molecule has 0 N–H and O–H groups in total. The highest BCUT2D eigenvalue weighted by Gasteiger charge is 2.25. The van der Waals surface area contributed by atoms with Crippen LogP contribution in [-0.4, -0.2) is 28.1 Å². The lowest BCUT2D eigenvalue weighted by atomic mass is 10.1. The zero-order chi connectivity index (χ0) is 22.8. The summed E-state index contributed by atoms with van der Waals surface area (Å²) < 4.78 is 13.6. The van der Waals surface area contributed by atoms with E-state index in [0.717, 1.165) is 27.1 Å². The summed E-state index contributed by atoms with van der Waals surface area (Å²) in [7, 11) is 0. The van der Waals surface area contributed by atoms with Gasteiger partial charge in [-0.1, -0.05) is 51.4 Å². The summed E-state index contributed by atoms with van der Waals surface area (Å²) in [5.41, 5.74) is 4.53. The summed E-state index contributed by atoms with van der Waals surface area (Å²) in [5.74, 6) is -0.572. The summed E-state index contributed by atoms with van der Waals surface area (Å²) in [5, 5.41) is 3.99. The van der Waals surface area contributed by atoms with Crippen molar-refractivity contribution in [1.82, 2.24) is 9.72 Å². The SMILES string of the molecule is Cc1onc(-c2ccccc2)c1C(=O)OCC(=O)c1cc(C)n(-c2ccc(Br)cc2)c1C. The lowest BCUT2D eigenvalue weighted by molar-refractivity contribution is 0.0473. The van der Waals surface area contributed by atoms with Gasteiger partial charge in [0.15, 0.2) is 6.61 Å². The van der Waals surface area contributed by atoms with E-state index in [0.29, 0.717) is 17.0 Å². The first kappa shape index (κ1) is 21.8. The number of Topliss-reactive ketones (excluding diaryl/α,β-unsaturated/α-hetero) is 1. The number of hydrogen-bond acceptors (Lipinski definition) is 5. The first-order chi connectivity index (χ1) is 15.4. The van der Waals surface area contributed by atoms with Gasteiger partial charge in [-0.05, 0) is 51.1 Å². The van der Waals surface area contributed by atoms with Crippen LogP contribution >= 0.6 is 15.9 Å². The maximum atomic E-state index is 12.9. The number of ketones is 1. The number of aryl methyl sites for hydroxylation is 2. The Balaban J connectivity index is 1.53. The van der Waals surface area contributed by atoms with Gasteiger partial charge in [-0.15, -0.1) is 0 Å². The van der Waals surface area contributed by atoms with Crippen LogP contribution in [0.4, 0.5) is 0 Å². The van der Waals surface area contributed by atoms with Gasteiger partial charge in [0.05, 0.1) is 0 Å². The smallest absolute Gasteiger partial charge is 0.344 e. The normalized spacial score (nSPS) is 10.9. The molecule has 2 aromatic heterocycles. The second kappa shape index (κ2) is 8.96. The number of carbonyl (C=O) groups is 2. The third-order valence-electron chi connectivity index (χ3n) is 5.26. The summed E-state index contributed by atoms with van der Waals surface area (Å²) >= 11 is 3.44. The highest BCUT2D eigenvalue weighted by Crippen LogP contribution is 2.26. The van der Waals surface area contributed by atoms with E-state index in [4.69, 9.17) is 9.26 Å². The van der Waals surface area contributed by atoms with E-state index in [9.17, 15) is 9.59 Å². The monoisotopic (exact) mass is 492 g/mol. The van der Waals surface area contributed by atoms with Gasteiger partial charge in [-0.3, -0.25) is 4.79 Å². The molecule has 0 fully saturated rings. The first-order valence-electron chi connectivity index (χ1n) is 10.0. The van der Waals surface area contributed by atoms with Crippen molar-refractivity contribution < 1.29 is 18.8 Å². The van der Waals surface area contributed by atoms with Gasteiger partial charge in [-0.25, -0.2) is 4.79 Å². The molecular weight excluding hydrogens is 472 g/mol. The van der Waals surface area contributed by atoms with Crippen LogP contribution in [0.2, 0.25) is 0 Å². The molecule has 0 radical (unpaired) electrons. The molecule has 4 rings (SSSR count). The molecule has 0 aliphatic rings.